The van der Waals surface area contributed by atoms with Gasteiger partial charge in [0.1, 0.15) is 5.56 Å². The van der Waals surface area contributed by atoms with Crippen LogP contribution < -0.4 is 5.32 Å². The summed E-state index contributed by atoms with van der Waals surface area (Å²) >= 11 is 1.64. The van der Waals surface area contributed by atoms with Crippen molar-refractivity contribution >= 4 is 23.2 Å². The van der Waals surface area contributed by atoms with Gasteiger partial charge in [0.05, 0.1) is 18.4 Å². The number of nitrogens with one attached hydrogen (secondary N) is 1. The Balaban J connectivity index is 1.29. The van der Waals surface area contributed by atoms with Crippen molar-refractivity contribution in [3.05, 3.63) is 89.0 Å². The number of aromatic nitrogens is 3. The van der Waals surface area contributed by atoms with Crippen molar-refractivity contribution in [2.24, 2.45) is 5.92 Å². The van der Waals surface area contributed by atoms with Gasteiger partial charge in [0.2, 0.25) is 5.91 Å². The van der Waals surface area contributed by atoms with E-state index in [9.17, 15) is 9.59 Å². The van der Waals surface area contributed by atoms with Gasteiger partial charge in [0.15, 0.2) is 5.82 Å². The largest absolute Gasteiger partial charge is 0.351 e. The molecule has 1 saturated heterocycles. The molecule has 33 heavy (non-hydrogen) atoms. The molecular weight excluding hydrogens is 434 g/mol. The Kier molecular flexibility index (Phi) is 6.08. The van der Waals surface area contributed by atoms with Crippen LogP contribution in [-0.2, 0) is 11.3 Å². The molecule has 0 saturated carbocycles. The van der Waals surface area contributed by atoms with Gasteiger partial charge in [-0.05, 0) is 48.6 Å². The second-order valence-corrected chi connectivity index (χ2v) is 9.12. The van der Waals surface area contributed by atoms with Crippen LogP contribution >= 0.6 is 11.3 Å². The molecular formula is C25H25N5O2S. The number of hydrogen-bond acceptors (Lipinski definition) is 4. The van der Waals surface area contributed by atoms with Gasteiger partial charge in [0.25, 0.3) is 5.91 Å². The molecule has 4 aromatic rings. The summed E-state index contributed by atoms with van der Waals surface area (Å²) in [7, 11) is 0. The number of thiophene rings is 1. The van der Waals surface area contributed by atoms with E-state index in [1.54, 1.807) is 22.2 Å². The lowest BCUT2D eigenvalue weighted by atomic mass is 9.95. The first-order valence-corrected chi connectivity index (χ1v) is 11.9. The molecule has 1 aliphatic heterocycles. The maximum Gasteiger partial charge on any atom is 0.259 e. The first kappa shape index (κ1) is 21.2. The Morgan fingerprint density at radius 3 is 2.45 bits per heavy atom. The zero-order valence-electron chi connectivity index (χ0n) is 18.1. The van der Waals surface area contributed by atoms with E-state index in [4.69, 9.17) is 0 Å². The van der Waals surface area contributed by atoms with Crippen LogP contribution in [0.1, 0.15) is 28.1 Å². The summed E-state index contributed by atoms with van der Waals surface area (Å²) in [6.07, 6.45) is 6.79. The van der Waals surface area contributed by atoms with Crippen molar-refractivity contribution in [3.63, 3.8) is 0 Å². The van der Waals surface area contributed by atoms with E-state index in [1.807, 2.05) is 81.8 Å². The highest BCUT2D eigenvalue weighted by Gasteiger charge is 2.30. The van der Waals surface area contributed by atoms with Gasteiger partial charge >= 0.3 is 0 Å². The second kappa shape index (κ2) is 9.46. The van der Waals surface area contributed by atoms with E-state index in [-0.39, 0.29) is 17.7 Å². The summed E-state index contributed by atoms with van der Waals surface area (Å²) in [6.45, 7) is 1.67. The van der Waals surface area contributed by atoms with Crippen molar-refractivity contribution in [2.75, 3.05) is 13.1 Å². The fourth-order valence-corrected chi connectivity index (χ4v) is 4.87. The number of benzene rings is 1. The number of piperidine rings is 1. The first-order valence-electron chi connectivity index (χ1n) is 11.1. The maximum absolute atomic E-state index is 13.5. The Bertz CT molecular complexity index is 1210. The molecule has 168 valence electrons. The Morgan fingerprint density at radius 1 is 1.00 bits per heavy atom. The third kappa shape index (κ3) is 4.47. The van der Waals surface area contributed by atoms with Gasteiger partial charge in [-0.1, -0.05) is 24.3 Å². The maximum atomic E-state index is 13.5. The van der Waals surface area contributed by atoms with Crippen LogP contribution in [0.4, 0.5) is 0 Å². The van der Waals surface area contributed by atoms with Crippen molar-refractivity contribution in [3.8, 4) is 11.5 Å². The highest BCUT2D eigenvalue weighted by molar-refractivity contribution is 7.09. The molecule has 1 N–H and O–H groups in total. The lowest BCUT2D eigenvalue weighted by Gasteiger charge is -2.31. The van der Waals surface area contributed by atoms with Crippen LogP contribution in [0.15, 0.2) is 78.6 Å². The molecule has 2 amide bonds. The Labute approximate surface area is 196 Å². The number of nitrogens with zero attached hydrogens (tertiary/aromatic N) is 4. The molecule has 5 rings (SSSR count). The average molecular weight is 460 g/mol. The quantitative estimate of drug-likeness (QED) is 0.475. The van der Waals surface area contributed by atoms with E-state index < -0.39 is 0 Å². The molecule has 8 heteroatoms. The second-order valence-electron chi connectivity index (χ2n) is 8.08. The van der Waals surface area contributed by atoms with E-state index in [0.29, 0.717) is 43.9 Å². The number of rotatable bonds is 6. The van der Waals surface area contributed by atoms with Gasteiger partial charge < -0.3 is 14.8 Å². The number of likely N-dealkylation sites (tertiary alicyclic amines) is 1. The number of carbonyl (C=O) groups is 2. The van der Waals surface area contributed by atoms with Crippen molar-refractivity contribution in [1.29, 1.82) is 0 Å². The molecule has 1 aliphatic rings. The van der Waals surface area contributed by atoms with Crippen LogP contribution in [0.5, 0.6) is 0 Å². The molecule has 4 heterocycles. The lowest BCUT2D eigenvalue weighted by Crippen LogP contribution is -2.43. The summed E-state index contributed by atoms with van der Waals surface area (Å²) in [5, 5.41) is 9.57. The minimum Gasteiger partial charge on any atom is -0.351 e. The summed E-state index contributed by atoms with van der Waals surface area (Å²) in [4.78, 5) is 29.0. The fraction of sp³-hybridized carbons (Fsp3) is 0.240. The van der Waals surface area contributed by atoms with Gasteiger partial charge in [-0.3, -0.25) is 9.59 Å². The predicted molar refractivity (Wildman–Crippen MR) is 128 cm³/mol. The smallest absolute Gasteiger partial charge is 0.259 e. The SMILES string of the molecule is O=C(NCc1cccs1)C1CCN(C(=O)c2cnn(-c3ccccc3)c2-n2cccc2)CC1. The molecule has 1 aromatic carbocycles. The molecule has 0 radical (unpaired) electrons. The third-order valence-corrected chi connectivity index (χ3v) is 6.87. The van der Waals surface area contributed by atoms with Crippen LogP contribution in [0.3, 0.4) is 0 Å². The highest BCUT2D eigenvalue weighted by atomic mass is 32.1. The summed E-state index contributed by atoms with van der Waals surface area (Å²) < 4.78 is 3.70. The van der Waals surface area contributed by atoms with Gasteiger partial charge in [0, 0.05) is 36.3 Å². The van der Waals surface area contributed by atoms with E-state index >= 15 is 0 Å². The Morgan fingerprint density at radius 2 is 1.76 bits per heavy atom. The van der Waals surface area contributed by atoms with E-state index in [2.05, 4.69) is 10.4 Å². The number of amides is 2. The van der Waals surface area contributed by atoms with E-state index in [1.165, 1.54) is 0 Å². The highest BCUT2D eigenvalue weighted by Crippen LogP contribution is 2.24. The molecule has 0 atom stereocenters. The van der Waals surface area contributed by atoms with Crippen molar-refractivity contribution < 1.29 is 9.59 Å². The first-order chi connectivity index (χ1) is 16.2. The van der Waals surface area contributed by atoms with Gasteiger partial charge in [-0.25, -0.2) is 4.68 Å². The van der Waals surface area contributed by atoms with Crippen molar-refractivity contribution in [1.82, 2.24) is 24.6 Å². The summed E-state index contributed by atoms with van der Waals surface area (Å²) in [6, 6.07) is 17.6. The topological polar surface area (TPSA) is 72.2 Å². The van der Waals surface area contributed by atoms with Crippen LogP contribution in [0.25, 0.3) is 11.5 Å². The monoisotopic (exact) mass is 459 g/mol. The van der Waals surface area contributed by atoms with Crippen LogP contribution in [0.2, 0.25) is 0 Å². The molecule has 3 aromatic heterocycles. The molecule has 0 bridgehead atoms. The fourth-order valence-electron chi connectivity index (χ4n) is 4.22. The van der Waals surface area contributed by atoms with Crippen molar-refractivity contribution in [2.45, 2.75) is 19.4 Å². The molecule has 0 spiro atoms. The number of hydrogen-bond donors (Lipinski definition) is 1. The van der Waals surface area contributed by atoms with Crippen LogP contribution in [0, 0.1) is 5.92 Å². The minimum atomic E-state index is -0.0648. The zero-order chi connectivity index (χ0) is 22.6. The van der Waals surface area contributed by atoms with E-state index in [0.717, 1.165) is 10.6 Å². The number of carbonyl (C=O) groups excluding carboxylic acids is 2. The molecule has 1 fully saturated rings. The Hall–Kier alpha value is -3.65. The standard InChI is InChI=1S/C25H25N5O2S/c31-23(26-17-21-9-6-16-33-21)19-10-14-29(15-11-19)25(32)22-18-27-30(20-7-2-1-3-8-20)24(22)28-12-4-5-13-28/h1-9,12-13,16,18-19H,10-11,14-15,17H2,(H,26,31). The molecule has 0 unspecified atom stereocenters. The normalized spacial score (nSPS) is 14.4. The average Bonchev–Trinajstić information content (AvgIpc) is 3.64. The third-order valence-electron chi connectivity index (χ3n) is 5.99. The number of para-hydroxylation sites is 1. The summed E-state index contributed by atoms with van der Waals surface area (Å²) in [5.41, 5.74) is 1.44. The molecule has 0 aliphatic carbocycles. The molecule has 7 nitrogen and oxygen atoms in total. The zero-order valence-corrected chi connectivity index (χ0v) is 18.9. The lowest BCUT2D eigenvalue weighted by molar-refractivity contribution is -0.126. The van der Waals surface area contributed by atoms with Gasteiger partial charge in [-0.2, -0.15) is 5.10 Å². The summed E-state index contributed by atoms with van der Waals surface area (Å²) in [5.74, 6) is 0.663. The minimum absolute atomic E-state index is 0.0571. The predicted octanol–water partition coefficient (Wildman–Crippen LogP) is 3.89. The van der Waals surface area contributed by atoms with Crippen LogP contribution in [-0.4, -0.2) is 44.2 Å². The van der Waals surface area contributed by atoms with Gasteiger partial charge in [-0.15, -0.1) is 11.3 Å².